The van der Waals surface area contributed by atoms with Crippen molar-refractivity contribution in [1.29, 1.82) is 0 Å². The van der Waals surface area contributed by atoms with Crippen LogP contribution in [0.15, 0.2) is 24.4 Å². The lowest BCUT2D eigenvalue weighted by molar-refractivity contribution is 0.599. The second kappa shape index (κ2) is 7.60. The Labute approximate surface area is 132 Å². The Bertz CT molecular complexity index is 554. The fourth-order valence-corrected chi connectivity index (χ4v) is 3.59. The first-order chi connectivity index (χ1) is 10.1. The minimum Gasteiger partial charge on any atom is -0.361 e. The molecule has 0 fully saturated rings. The molecule has 0 saturated carbocycles. The molecule has 0 amide bonds. The van der Waals surface area contributed by atoms with Gasteiger partial charge in [0.15, 0.2) is 5.13 Å². The van der Waals surface area contributed by atoms with Crippen LogP contribution in [0.3, 0.4) is 0 Å². The Kier molecular flexibility index (Phi) is 5.80. The van der Waals surface area contributed by atoms with Crippen molar-refractivity contribution in [3.05, 3.63) is 46.0 Å². The summed E-state index contributed by atoms with van der Waals surface area (Å²) in [4.78, 5) is 5.67. The van der Waals surface area contributed by atoms with Gasteiger partial charge in [0.05, 0.1) is 0 Å². The van der Waals surface area contributed by atoms with Crippen molar-refractivity contribution in [1.82, 2.24) is 4.98 Å². The molecule has 0 aliphatic rings. The molecule has 2 nitrogen and oxygen atoms in total. The molecule has 2 aromatic rings. The van der Waals surface area contributed by atoms with Gasteiger partial charge in [-0.25, -0.2) is 4.98 Å². The summed E-state index contributed by atoms with van der Waals surface area (Å²) in [5.74, 6) is 0.565. The smallest absolute Gasteiger partial charge is 0.182 e. The van der Waals surface area contributed by atoms with Crippen LogP contribution in [-0.4, -0.2) is 11.5 Å². The number of hydrogen-bond acceptors (Lipinski definition) is 3. The number of unbranched alkanes of at least 4 members (excludes halogenated alkanes) is 1. The molecule has 1 atom stereocenters. The summed E-state index contributed by atoms with van der Waals surface area (Å²) in [5.41, 5.74) is 4.34. The molecular formula is C18H26N2S. The van der Waals surface area contributed by atoms with Crippen LogP contribution in [0.4, 0.5) is 5.13 Å². The summed E-state index contributed by atoms with van der Waals surface area (Å²) >= 11 is 1.73. The molecule has 1 unspecified atom stereocenters. The van der Waals surface area contributed by atoms with Gasteiger partial charge >= 0.3 is 0 Å². The van der Waals surface area contributed by atoms with E-state index in [0.29, 0.717) is 5.92 Å². The maximum atomic E-state index is 4.41. The van der Waals surface area contributed by atoms with Gasteiger partial charge in [0, 0.05) is 23.5 Å². The molecule has 2 rings (SSSR count). The predicted molar refractivity (Wildman–Crippen MR) is 93.5 cm³/mol. The highest BCUT2D eigenvalue weighted by atomic mass is 32.1. The number of aromatic nitrogens is 1. The largest absolute Gasteiger partial charge is 0.361 e. The van der Waals surface area contributed by atoms with Gasteiger partial charge in [-0.15, -0.1) is 11.3 Å². The van der Waals surface area contributed by atoms with Crippen LogP contribution in [-0.2, 0) is 0 Å². The van der Waals surface area contributed by atoms with E-state index in [1.807, 2.05) is 6.20 Å². The van der Waals surface area contributed by atoms with Gasteiger partial charge in [0.1, 0.15) is 0 Å². The van der Waals surface area contributed by atoms with E-state index >= 15 is 0 Å². The molecular weight excluding hydrogens is 276 g/mol. The zero-order valence-corrected chi connectivity index (χ0v) is 14.4. The van der Waals surface area contributed by atoms with Crippen LogP contribution >= 0.6 is 11.3 Å². The topological polar surface area (TPSA) is 24.9 Å². The second-order valence-electron chi connectivity index (χ2n) is 5.80. The summed E-state index contributed by atoms with van der Waals surface area (Å²) in [6.07, 6.45) is 5.70. The molecule has 21 heavy (non-hydrogen) atoms. The van der Waals surface area contributed by atoms with Crippen molar-refractivity contribution in [3.63, 3.8) is 0 Å². The summed E-state index contributed by atoms with van der Waals surface area (Å²) < 4.78 is 0. The lowest BCUT2D eigenvalue weighted by atomic mass is 9.87. The standard InChI is InChI=1S/C18H26N2S/c1-5-6-10-16(12-20-18-19-11-15(4)21-18)17-13(2)8-7-9-14(17)3/h7-9,11,16H,5-6,10,12H2,1-4H3,(H,19,20). The average Bonchev–Trinajstić information content (AvgIpc) is 2.86. The zero-order chi connectivity index (χ0) is 15.2. The van der Waals surface area contributed by atoms with Crippen LogP contribution in [0.25, 0.3) is 0 Å². The highest BCUT2D eigenvalue weighted by Crippen LogP contribution is 2.29. The van der Waals surface area contributed by atoms with Crippen LogP contribution in [0.1, 0.15) is 53.7 Å². The van der Waals surface area contributed by atoms with Crippen molar-refractivity contribution in [2.24, 2.45) is 0 Å². The number of thiazole rings is 1. The minimum absolute atomic E-state index is 0.565. The first-order valence-electron chi connectivity index (χ1n) is 7.84. The number of anilines is 1. The van der Waals surface area contributed by atoms with E-state index in [1.54, 1.807) is 11.3 Å². The number of rotatable bonds is 7. The van der Waals surface area contributed by atoms with Crippen LogP contribution in [0.5, 0.6) is 0 Å². The van der Waals surface area contributed by atoms with Gasteiger partial charge in [-0.3, -0.25) is 0 Å². The lowest BCUT2D eigenvalue weighted by Gasteiger charge is -2.22. The quantitative estimate of drug-likeness (QED) is 0.735. The van der Waals surface area contributed by atoms with Crippen molar-refractivity contribution < 1.29 is 0 Å². The normalized spacial score (nSPS) is 12.4. The van der Waals surface area contributed by atoms with E-state index in [9.17, 15) is 0 Å². The predicted octanol–water partition coefficient (Wildman–Crippen LogP) is 5.45. The van der Waals surface area contributed by atoms with Crippen LogP contribution in [0.2, 0.25) is 0 Å². The Hall–Kier alpha value is -1.35. The Morgan fingerprint density at radius 2 is 1.90 bits per heavy atom. The molecule has 3 heteroatoms. The third-order valence-corrected chi connectivity index (χ3v) is 4.85. The van der Waals surface area contributed by atoms with Gasteiger partial charge in [-0.05, 0) is 43.9 Å². The number of nitrogens with one attached hydrogen (secondary N) is 1. The molecule has 1 heterocycles. The molecule has 0 bridgehead atoms. The van der Waals surface area contributed by atoms with Gasteiger partial charge in [0.2, 0.25) is 0 Å². The molecule has 0 radical (unpaired) electrons. The van der Waals surface area contributed by atoms with Crippen LogP contribution in [0, 0.1) is 20.8 Å². The molecule has 0 aliphatic carbocycles. The Morgan fingerprint density at radius 1 is 1.19 bits per heavy atom. The fourth-order valence-electron chi connectivity index (χ4n) is 2.92. The van der Waals surface area contributed by atoms with E-state index in [1.165, 1.54) is 40.8 Å². The monoisotopic (exact) mass is 302 g/mol. The highest BCUT2D eigenvalue weighted by Gasteiger charge is 2.16. The third-order valence-electron chi connectivity index (χ3n) is 3.98. The van der Waals surface area contributed by atoms with E-state index in [0.717, 1.165) is 11.7 Å². The van der Waals surface area contributed by atoms with Crippen molar-refractivity contribution >= 4 is 16.5 Å². The van der Waals surface area contributed by atoms with Gasteiger partial charge in [-0.2, -0.15) is 0 Å². The maximum absolute atomic E-state index is 4.41. The third kappa shape index (κ3) is 4.31. The second-order valence-corrected chi connectivity index (χ2v) is 7.04. The zero-order valence-electron chi connectivity index (χ0n) is 13.6. The molecule has 1 aromatic carbocycles. The van der Waals surface area contributed by atoms with Crippen molar-refractivity contribution in [2.75, 3.05) is 11.9 Å². The van der Waals surface area contributed by atoms with Gasteiger partial charge < -0.3 is 5.32 Å². The summed E-state index contributed by atoms with van der Waals surface area (Å²) in [6, 6.07) is 6.62. The molecule has 0 saturated heterocycles. The van der Waals surface area contributed by atoms with Crippen LogP contribution < -0.4 is 5.32 Å². The number of aryl methyl sites for hydroxylation is 3. The molecule has 114 valence electrons. The van der Waals surface area contributed by atoms with Crippen molar-refractivity contribution in [3.8, 4) is 0 Å². The molecule has 1 aromatic heterocycles. The molecule has 0 aliphatic heterocycles. The summed E-state index contributed by atoms with van der Waals surface area (Å²) in [5, 5.41) is 4.58. The van der Waals surface area contributed by atoms with Gasteiger partial charge in [-0.1, -0.05) is 38.0 Å². The number of benzene rings is 1. The van der Waals surface area contributed by atoms with Crippen molar-refractivity contribution in [2.45, 2.75) is 52.9 Å². The summed E-state index contributed by atoms with van der Waals surface area (Å²) in [6.45, 7) is 9.80. The Morgan fingerprint density at radius 3 is 2.48 bits per heavy atom. The van der Waals surface area contributed by atoms with E-state index in [4.69, 9.17) is 0 Å². The summed E-state index contributed by atoms with van der Waals surface area (Å²) in [7, 11) is 0. The SMILES string of the molecule is CCCCC(CNc1ncc(C)s1)c1c(C)cccc1C. The number of nitrogens with zero attached hydrogens (tertiary/aromatic N) is 1. The van der Waals surface area contributed by atoms with E-state index in [-0.39, 0.29) is 0 Å². The minimum atomic E-state index is 0.565. The maximum Gasteiger partial charge on any atom is 0.182 e. The van der Waals surface area contributed by atoms with E-state index in [2.05, 4.69) is 56.2 Å². The Balaban J connectivity index is 2.13. The van der Waals surface area contributed by atoms with Gasteiger partial charge in [0.25, 0.3) is 0 Å². The molecule has 0 spiro atoms. The van der Waals surface area contributed by atoms with E-state index < -0.39 is 0 Å². The average molecular weight is 302 g/mol. The lowest BCUT2D eigenvalue weighted by Crippen LogP contribution is -2.15. The molecule has 1 N–H and O–H groups in total. The highest BCUT2D eigenvalue weighted by molar-refractivity contribution is 7.15. The first-order valence-corrected chi connectivity index (χ1v) is 8.66. The first kappa shape index (κ1) is 16.0. The fraction of sp³-hybridized carbons (Fsp3) is 0.500. The number of hydrogen-bond donors (Lipinski definition) is 1.